The first kappa shape index (κ1) is 14.8. The molecule has 0 bridgehead atoms. The first-order chi connectivity index (χ1) is 8.89. The second-order valence-corrected chi connectivity index (χ2v) is 4.43. The highest BCUT2D eigenvalue weighted by Crippen LogP contribution is 2.16. The lowest BCUT2D eigenvalue weighted by atomic mass is 10.1. The van der Waals surface area contributed by atoms with Crippen LogP contribution in [-0.4, -0.2) is 31.8 Å². The van der Waals surface area contributed by atoms with Gasteiger partial charge in [0.1, 0.15) is 11.3 Å². The van der Waals surface area contributed by atoms with Crippen molar-refractivity contribution in [3.8, 4) is 5.75 Å². The molecule has 0 saturated heterocycles. The van der Waals surface area contributed by atoms with E-state index in [0.717, 1.165) is 0 Å². The predicted molar refractivity (Wildman–Crippen MR) is 71.2 cm³/mol. The number of hydrogen-bond acceptors (Lipinski definition) is 4. The normalized spacial score (nSPS) is 10.5. The van der Waals surface area contributed by atoms with Crippen molar-refractivity contribution in [1.29, 1.82) is 0 Å². The Morgan fingerprint density at radius 1 is 1.21 bits per heavy atom. The maximum absolute atomic E-state index is 11.8. The zero-order valence-corrected chi connectivity index (χ0v) is 11.4. The van der Waals surface area contributed by atoms with Crippen LogP contribution in [0.5, 0.6) is 5.75 Å². The third-order valence-electron chi connectivity index (χ3n) is 2.45. The van der Waals surface area contributed by atoms with Crippen molar-refractivity contribution in [3.05, 3.63) is 24.3 Å². The maximum Gasteiger partial charge on any atom is 0.331 e. The second-order valence-electron chi connectivity index (χ2n) is 4.43. The fourth-order valence-electron chi connectivity index (χ4n) is 1.45. The molecule has 2 N–H and O–H groups in total. The summed E-state index contributed by atoms with van der Waals surface area (Å²) >= 11 is 0. The first-order valence-corrected chi connectivity index (χ1v) is 5.70. The van der Waals surface area contributed by atoms with E-state index >= 15 is 0 Å². The van der Waals surface area contributed by atoms with Gasteiger partial charge in [-0.15, -0.1) is 0 Å². The lowest BCUT2D eigenvalue weighted by molar-refractivity contribution is -0.146. The molecule has 19 heavy (non-hydrogen) atoms. The molecule has 1 rings (SSSR count). The van der Waals surface area contributed by atoms with Gasteiger partial charge in [0, 0.05) is 11.8 Å². The fourth-order valence-corrected chi connectivity index (χ4v) is 1.45. The zero-order chi connectivity index (χ0) is 14.5. The topological polar surface area (TPSA) is 76.7 Å². The van der Waals surface area contributed by atoms with Gasteiger partial charge < -0.3 is 20.1 Å². The molecule has 1 aromatic carbocycles. The van der Waals surface area contributed by atoms with Gasteiger partial charge in [-0.25, -0.2) is 9.59 Å². The molecule has 0 aromatic heterocycles. The van der Waals surface area contributed by atoms with Gasteiger partial charge in [-0.05, 0) is 26.0 Å². The van der Waals surface area contributed by atoms with E-state index in [4.69, 9.17) is 4.74 Å². The smallest absolute Gasteiger partial charge is 0.331 e. The van der Waals surface area contributed by atoms with Crippen LogP contribution in [0.25, 0.3) is 0 Å². The lowest BCUT2D eigenvalue weighted by Gasteiger charge is -2.23. The fraction of sp³-hybridized carbons (Fsp3) is 0.385. The molecule has 0 aliphatic rings. The van der Waals surface area contributed by atoms with E-state index in [1.165, 1.54) is 7.11 Å². The SMILES string of the molecule is COC(=O)C(C)(C)NC(=O)Nc1cccc(OC)c1. The summed E-state index contributed by atoms with van der Waals surface area (Å²) in [5, 5.41) is 5.14. The van der Waals surface area contributed by atoms with Gasteiger partial charge in [0.05, 0.1) is 14.2 Å². The number of anilines is 1. The Balaban J connectivity index is 2.67. The van der Waals surface area contributed by atoms with Gasteiger partial charge >= 0.3 is 12.0 Å². The number of rotatable bonds is 4. The van der Waals surface area contributed by atoms with Crippen LogP contribution in [0.1, 0.15) is 13.8 Å². The number of benzene rings is 1. The van der Waals surface area contributed by atoms with Crippen LogP contribution in [0.4, 0.5) is 10.5 Å². The molecular weight excluding hydrogens is 248 g/mol. The van der Waals surface area contributed by atoms with Gasteiger partial charge in [0.25, 0.3) is 0 Å². The van der Waals surface area contributed by atoms with E-state index in [-0.39, 0.29) is 0 Å². The van der Waals surface area contributed by atoms with E-state index in [1.807, 2.05) is 0 Å². The molecule has 0 heterocycles. The molecule has 2 amide bonds. The molecule has 0 spiro atoms. The van der Waals surface area contributed by atoms with Crippen LogP contribution in [-0.2, 0) is 9.53 Å². The Hall–Kier alpha value is -2.24. The quantitative estimate of drug-likeness (QED) is 0.814. The monoisotopic (exact) mass is 266 g/mol. The Morgan fingerprint density at radius 3 is 2.47 bits per heavy atom. The van der Waals surface area contributed by atoms with Crippen molar-refractivity contribution < 1.29 is 19.1 Å². The van der Waals surface area contributed by atoms with E-state index in [2.05, 4.69) is 15.4 Å². The van der Waals surface area contributed by atoms with E-state index in [9.17, 15) is 9.59 Å². The number of amides is 2. The van der Waals surface area contributed by atoms with E-state index < -0.39 is 17.5 Å². The molecule has 0 fully saturated rings. The average molecular weight is 266 g/mol. The van der Waals surface area contributed by atoms with Crippen LogP contribution in [0.3, 0.4) is 0 Å². The van der Waals surface area contributed by atoms with Gasteiger partial charge in [0.2, 0.25) is 0 Å². The van der Waals surface area contributed by atoms with Gasteiger partial charge in [0.15, 0.2) is 0 Å². The Kier molecular flexibility index (Phi) is 4.74. The molecule has 0 aliphatic heterocycles. The molecule has 0 saturated carbocycles. The highest BCUT2D eigenvalue weighted by molar-refractivity contribution is 5.94. The number of methoxy groups -OCH3 is 2. The largest absolute Gasteiger partial charge is 0.497 e. The minimum Gasteiger partial charge on any atom is -0.497 e. The molecule has 6 heteroatoms. The van der Waals surface area contributed by atoms with Gasteiger partial charge in [-0.1, -0.05) is 6.07 Å². The molecule has 0 atom stereocenters. The Bertz CT molecular complexity index is 471. The summed E-state index contributed by atoms with van der Waals surface area (Å²) in [4.78, 5) is 23.2. The van der Waals surface area contributed by atoms with E-state index in [0.29, 0.717) is 11.4 Å². The van der Waals surface area contributed by atoms with Gasteiger partial charge in [-0.3, -0.25) is 0 Å². The number of nitrogens with one attached hydrogen (secondary N) is 2. The predicted octanol–water partition coefficient (Wildman–Crippen LogP) is 1.77. The lowest BCUT2D eigenvalue weighted by Crippen LogP contribution is -2.51. The summed E-state index contributed by atoms with van der Waals surface area (Å²) in [6, 6.07) is 6.41. The summed E-state index contributed by atoms with van der Waals surface area (Å²) in [5.41, 5.74) is -0.532. The minimum atomic E-state index is -1.10. The summed E-state index contributed by atoms with van der Waals surface area (Å²) in [6.07, 6.45) is 0. The first-order valence-electron chi connectivity index (χ1n) is 5.70. The molecular formula is C13H18N2O4. The number of carbonyl (C=O) groups excluding carboxylic acids is 2. The third-order valence-corrected chi connectivity index (χ3v) is 2.45. The highest BCUT2D eigenvalue weighted by atomic mass is 16.5. The summed E-state index contributed by atoms with van der Waals surface area (Å²) in [6.45, 7) is 3.12. The average Bonchev–Trinajstić information content (AvgIpc) is 2.37. The molecule has 0 aliphatic carbocycles. The number of carbonyl (C=O) groups is 2. The summed E-state index contributed by atoms with van der Waals surface area (Å²) in [5.74, 6) is 0.110. The molecule has 6 nitrogen and oxygen atoms in total. The zero-order valence-electron chi connectivity index (χ0n) is 11.4. The third kappa shape index (κ3) is 4.17. The van der Waals surface area contributed by atoms with Crippen molar-refractivity contribution in [1.82, 2.24) is 5.32 Å². The Morgan fingerprint density at radius 2 is 1.89 bits per heavy atom. The standard InChI is InChI=1S/C13H18N2O4/c1-13(2,11(16)19-4)15-12(17)14-9-6-5-7-10(8-9)18-3/h5-8H,1-4H3,(H2,14,15,17). The van der Waals surface area contributed by atoms with Crippen molar-refractivity contribution in [3.63, 3.8) is 0 Å². The summed E-state index contributed by atoms with van der Waals surface area (Å²) < 4.78 is 9.65. The number of esters is 1. The molecule has 104 valence electrons. The molecule has 0 radical (unpaired) electrons. The molecule has 0 unspecified atom stereocenters. The van der Waals surface area contributed by atoms with Crippen molar-refractivity contribution in [2.75, 3.05) is 19.5 Å². The summed E-state index contributed by atoms with van der Waals surface area (Å²) in [7, 11) is 2.81. The van der Waals surface area contributed by atoms with Crippen LogP contribution in [0.2, 0.25) is 0 Å². The van der Waals surface area contributed by atoms with Crippen molar-refractivity contribution in [2.45, 2.75) is 19.4 Å². The van der Waals surface area contributed by atoms with Crippen molar-refractivity contribution >= 4 is 17.7 Å². The number of ether oxygens (including phenoxy) is 2. The number of hydrogen-bond donors (Lipinski definition) is 2. The molecule has 1 aromatic rings. The highest BCUT2D eigenvalue weighted by Gasteiger charge is 2.30. The van der Waals surface area contributed by atoms with Crippen LogP contribution in [0.15, 0.2) is 24.3 Å². The Labute approximate surface area is 112 Å². The van der Waals surface area contributed by atoms with Crippen molar-refractivity contribution in [2.24, 2.45) is 0 Å². The maximum atomic E-state index is 11.8. The second kappa shape index (κ2) is 6.08. The van der Waals surface area contributed by atoms with Crippen LogP contribution in [0, 0.1) is 0 Å². The van der Waals surface area contributed by atoms with Crippen LogP contribution < -0.4 is 15.4 Å². The minimum absolute atomic E-state index is 0.497. The van der Waals surface area contributed by atoms with Crippen LogP contribution >= 0.6 is 0 Å². The van der Waals surface area contributed by atoms with Gasteiger partial charge in [-0.2, -0.15) is 0 Å². The number of urea groups is 1. The van der Waals surface area contributed by atoms with E-state index in [1.54, 1.807) is 45.2 Å².